The zero-order valence-corrected chi connectivity index (χ0v) is 15.3. The van der Waals surface area contributed by atoms with E-state index in [1.807, 2.05) is 20.8 Å². The highest BCUT2D eigenvalue weighted by Gasteiger charge is 2.22. The number of aryl methyl sites for hydroxylation is 3. The highest BCUT2D eigenvalue weighted by Crippen LogP contribution is 2.27. The molecule has 126 valence electrons. The number of thiophene rings is 1. The molecule has 0 aliphatic heterocycles. The van der Waals surface area contributed by atoms with Gasteiger partial charge < -0.3 is 9.72 Å². The van der Waals surface area contributed by atoms with Crippen molar-refractivity contribution in [1.82, 2.24) is 19.6 Å². The number of rotatable bonds is 4. The summed E-state index contributed by atoms with van der Waals surface area (Å²) in [5.41, 5.74) is 1.33. The Morgan fingerprint density at radius 3 is 2.83 bits per heavy atom. The van der Waals surface area contributed by atoms with Crippen LogP contribution in [0.25, 0.3) is 10.2 Å². The molecule has 3 aromatic rings. The second-order valence-electron chi connectivity index (χ2n) is 5.36. The molecule has 3 heterocycles. The SMILES string of the molecule is CCc1nnsc1C(=O)O[C@@H](C)c1nc2sc(C)c(C)c2c(=O)[nH]1. The topological polar surface area (TPSA) is 97.8 Å². The van der Waals surface area contributed by atoms with Crippen LogP contribution in [0.4, 0.5) is 0 Å². The molecule has 0 amide bonds. The first-order chi connectivity index (χ1) is 11.4. The van der Waals surface area contributed by atoms with Gasteiger partial charge in [0, 0.05) is 4.88 Å². The normalized spacial score (nSPS) is 12.5. The fourth-order valence-electron chi connectivity index (χ4n) is 2.33. The Balaban J connectivity index is 1.90. The molecular formula is C15H16N4O3S2. The van der Waals surface area contributed by atoms with Crippen molar-refractivity contribution in [2.24, 2.45) is 0 Å². The molecule has 0 saturated carbocycles. The third-order valence-corrected chi connectivity index (χ3v) is 5.65. The number of ether oxygens (including phenoxy) is 1. The molecule has 0 saturated heterocycles. The molecule has 0 fully saturated rings. The van der Waals surface area contributed by atoms with Crippen molar-refractivity contribution in [1.29, 1.82) is 0 Å². The van der Waals surface area contributed by atoms with E-state index in [-0.39, 0.29) is 5.56 Å². The number of carbonyl (C=O) groups is 1. The fourth-order valence-corrected chi connectivity index (χ4v) is 4.00. The van der Waals surface area contributed by atoms with Crippen LogP contribution in [-0.4, -0.2) is 25.5 Å². The van der Waals surface area contributed by atoms with E-state index in [1.165, 1.54) is 11.3 Å². The number of esters is 1. The van der Waals surface area contributed by atoms with Crippen LogP contribution in [0.1, 0.15) is 51.6 Å². The average Bonchev–Trinajstić information content (AvgIpc) is 3.12. The summed E-state index contributed by atoms with van der Waals surface area (Å²) in [7, 11) is 0. The lowest BCUT2D eigenvalue weighted by atomic mass is 10.2. The first-order valence-corrected chi connectivity index (χ1v) is 9.03. The predicted octanol–water partition coefficient (Wildman–Crippen LogP) is 2.93. The minimum atomic E-state index is -0.677. The average molecular weight is 364 g/mol. The Labute approximate surface area is 145 Å². The van der Waals surface area contributed by atoms with Crippen LogP contribution in [0.3, 0.4) is 0 Å². The van der Waals surface area contributed by atoms with Crippen molar-refractivity contribution in [2.45, 2.75) is 40.2 Å². The molecule has 7 nitrogen and oxygen atoms in total. The van der Waals surface area contributed by atoms with E-state index in [0.717, 1.165) is 22.0 Å². The molecular weight excluding hydrogens is 348 g/mol. The van der Waals surface area contributed by atoms with Gasteiger partial charge in [0.15, 0.2) is 16.8 Å². The molecule has 0 bridgehead atoms. The minimum Gasteiger partial charge on any atom is -0.450 e. The van der Waals surface area contributed by atoms with Crippen molar-refractivity contribution in [3.63, 3.8) is 0 Å². The lowest BCUT2D eigenvalue weighted by molar-refractivity contribution is 0.0324. The molecule has 1 atom stereocenters. The maximum Gasteiger partial charge on any atom is 0.352 e. The van der Waals surface area contributed by atoms with Crippen LogP contribution < -0.4 is 5.56 Å². The van der Waals surface area contributed by atoms with Crippen LogP contribution in [0.2, 0.25) is 0 Å². The van der Waals surface area contributed by atoms with Gasteiger partial charge in [-0.3, -0.25) is 4.79 Å². The van der Waals surface area contributed by atoms with E-state index >= 15 is 0 Å². The van der Waals surface area contributed by atoms with Crippen molar-refractivity contribution < 1.29 is 9.53 Å². The number of H-pyrrole nitrogens is 1. The summed E-state index contributed by atoms with van der Waals surface area (Å²) in [5, 5.41) is 4.50. The standard InChI is InChI=1S/C15H16N4O3S2/c1-5-9-11(24-19-18-9)15(21)22-7(3)12-16-13(20)10-6(2)8(4)23-14(10)17-12/h7H,5H2,1-4H3,(H,16,17,20)/t7-/m0/s1. The number of nitrogens with one attached hydrogen (secondary N) is 1. The summed E-state index contributed by atoms with van der Waals surface area (Å²) < 4.78 is 9.21. The third kappa shape index (κ3) is 2.84. The number of nitrogens with zero attached hydrogens (tertiary/aromatic N) is 3. The Morgan fingerprint density at radius 1 is 1.38 bits per heavy atom. The summed E-state index contributed by atoms with van der Waals surface area (Å²) in [6, 6.07) is 0. The molecule has 0 unspecified atom stereocenters. The zero-order valence-electron chi connectivity index (χ0n) is 13.7. The van der Waals surface area contributed by atoms with E-state index in [9.17, 15) is 9.59 Å². The van der Waals surface area contributed by atoms with E-state index in [4.69, 9.17) is 4.74 Å². The highest BCUT2D eigenvalue weighted by atomic mass is 32.1. The third-order valence-electron chi connectivity index (χ3n) is 3.80. The number of hydrogen-bond donors (Lipinski definition) is 1. The summed E-state index contributed by atoms with van der Waals surface area (Å²) in [6.45, 7) is 7.42. The lowest BCUT2D eigenvalue weighted by Gasteiger charge is -2.12. The number of fused-ring (bicyclic) bond motifs is 1. The van der Waals surface area contributed by atoms with Crippen LogP contribution in [-0.2, 0) is 11.2 Å². The Hall–Kier alpha value is -2.13. The van der Waals surface area contributed by atoms with Crippen molar-refractivity contribution in [3.8, 4) is 0 Å². The van der Waals surface area contributed by atoms with E-state index in [0.29, 0.717) is 33.0 Å². The van der Waals surface area contributed by atoms with Crippen LogP contribution >= 0.6 is 22.9 Å². The monoisotopic (exact) mass is 364 g/mol. The van der Waals surface area contributed by atoms with Gasteiger partial charge in [-0.05, 0) is 44.3 Å². The second-order valence-corrected chi connectivity index (χ2v) is 7.32. The molecule has 0 spiro atoms. The second kappa shape index (κ2) is 6.40. The molecule has 3 aromatic heterocycles. The van der Waals surface area contributed by atoms with Crippen molar-refractivity contribution in [3.05, 3.63) is 37.2 Å². The van der Waals surface area contributed by atoms with Gasteiger partial charge in [0.2, 0.25) is 0 Å². The van der Waals surface area contributed by atoms with Gasteiger partial charge in [-0.15, -0.1) is 16.4 Å². The molecule has 24 heavy (non-hydrogen) atoms. The summed E-state index contributed by atoms with van der Waals surface area (Å²) in [6.07, 6.45) is -0.0754. The van der Waals surface area contributed by atoms with Crippen LogP contribution in [0, 0.1) is 13.8 Å². The van der Waals surface area contributed by atoms with Gasteiger partial charge >= 0.3 is 5.97 Å². The first-order valence-electron chi connectivity index (χ1n) is 7.44. The summed E-state index contributed by atoms with van der Waals surface area (Å²) >= 11 is 2.46. The summed E-state index contributed by atoms with van der Waals surface area (Å²) in [4.78, 5) is 33.8. The van der Waals surface area contributed by atoms with Gasteiger partial charge in [0.05, 0.1) is 11.1 Å². The fraction of sp³-hybridized carbons (Fsp3) is 0.400. The predicted molar refractivity (Wildman–Crippen MR) is 92.8 cm³/mol. The Bertz CT molecular complexity index is 973. The first kappa shape index (κ1) is 16.7. The van der Waals surface area contributed by atoms with E-state index in [2.05, 4.69) is 19.6 Å². The summed E-state index contributed by atoms with van der Waals surface area (Å²) in [5.74, 6) is -0.173. The molecule has 3 rings (SSSR count). The lowest BCUT2D eigenvalue weighted by Crippen LogP contribution is -2.17. The van der Waals surface area contributed by atoms with Crippen molar-refractivity contribution in [2.75, 3.05) is 0 Å². The smallest absolute Gasteiger partial charge is 0.352 e. The van der Waals surface area contributed by atoms with Crippen LogP contribution in [0.5, 0.6) is 0 Å². The highest BCUT2D eigenvalue weighted by molar-refractivity contribution is 7.18. The minimum absolute atomic E-state index is 0.214. The van der Waals surface area contributed by atoms with Gasteiger partial charge in [0.1, 0.15) is 4.83 Å². The number of hydrogen-bond acceptors (Lipinski definition) is 8. The number of carbonyl (C=O) groups excluding carboxylic acids is 1. The van der Waals surface area contributed by atoms with Gasteiger partial charge in [-0.1, -0.05) is 11.4 Å². The van der Waals surface area contributed by atoms with E-state index in [1.54, 1.807) is 6.92 Å². The quantitative estimate of drug-likeness (QED) is 0.715. The maximum atomic E-state index is 12.3. The maximum absolute atomic E-state index is 12.3. The zero-order chi connectivity index (χ0) is 17.4. The van der Waals surface area contributed by atoms with Gasteiger partial charge in [-0.2, -0.15) is 0 Å². The molecule has 0 aliphatic carbocycles. The van der Waals surface area contributed by atoms with Crippen molar-refractivity contribution >= 4 is 39.1 Å². The van der Waals surface area contributed by atoms with Gasteiger partial charge in [-0.25, -0.2) is 9.78 Å². The molecule has 0 radical (unpaired) electrons. The molecule has 9 heteroatoms. The molecule has 1 N–H and O–H groups in total. The largest absolute Gasteiger partial charge is 0.450 e. The van der Waals surface area contributed by atoms with Gasteiger partial charge in [0.25, 0.3) is 5.56 Å². The molecule has 0 aromatic carbocycles. The van der Waals surface area contributed by atoms with E-state index < -0.39 is 12.1 Å². The van der Waals surface area contributed by atoms with Crippen LogP contribution in [0.15, 0.2) is 4.79 Å². The molecule has 0 aliphatic rings. The Morgan fingerprint density at radius 2 is 2.12 bits per heavy atom. The number of aromatic nitrogens is 4. The Kier molecular flexibility index (Phi) is 4.46. The number of aromatic amines is 1.